The number of rotatable bonds is 16. The van der Waals surface area contributed by atoms with Crippen LogP contribution < -0.4 is 21.3 Å². The Kier molecular flexibility index (Phi) is 17.1. The van der Waals surface area contributed by atoms with E-state index in [9.17, 15) is 28.8 Å². The summed E-state index contributed by atoms with van der Waals surface area (Å²) < 4.78 is 0. The van der Waals surface area contributed by atoms with Gasteiger partial charge in [-0.2, -0.15) is 20.5 Å². The zero-order valence-electron chi connectivity index (χ0n) is 34.1. The summed E-state index contributed by atoms with van der Waals surface area (Å²) in [4.78, 5) is 77.8. The monoisotopic (exact) mass is 982 g/mol. The average molecular weight is 986 g/mol. The van der Waals surface area contributed by atoms with Crippen molar-refractivity contribution < 1.29 is 28.8 Å². The fourth-order valence-electron chi connectivity index (χ4n) is 5.59. The van der Waals surface area contributed by atoms with Gasteiger partial charge in [0.05, 0.1) is 64.7 Å². The van der Waals surface area contributed by atoms with Crippen molar-refractivity contribution in [1.29, 1.82) is 0 Å². The summed E-state index contributed by atoms with van der Waals surface area (Å²) >= 11 is 37.8. The van der Waals surface area contributed by atoms with Crippen molar-refractivity contribution in [3.63, 3.8) is 0 Å². The first-order valence-electron chi connectivity index (χ1n) is 18.9. The quantitative estimate of drug-likeness (QED) is 0.0430. The first kappa shape index (κ1) is 49.3. The Morgan fingerprint density at radius 3 is 1.14 bits per heavy atom. The lowest BCUT2D eigenvalue weighted by molar-refractivity contribution is -0.127. The molecule has 0 aliphatic rings. The van der Waals surface area contributed by atoms with E-state index in [1.165, 1.54) is 48.5 Å². The Morgan fingerprint density at radius 2 is 0.828 bits per heavy atom. The van der Waals surface area contributed by atoms with Crippen LogP contribution in [0.15, 0.2) is 118 Å². The summed E-state index contributed by atoms with van der Waals surface area (Å²) in [6.45, 7) is 5.90. The number of anilines is 4. The molecule has 0 aromatic heterocycles. The topological polar surface area (TPSA) is 200 Å². The van der Waals surface area contributed by atoms with Gasteiger partial charge in [0.1, 0.15) is 0 Å². The molecule has 0 aliphatic carbocycles. The average Bonchev–Trinajstić information content (AvgIpc) is 3.24. The molecule has 4 atom stereocenters. The number of carbonyl (C=O) groups is 6. The lowest BCUT2D eigenvalue weighted by Gasteiger charge is -2.15. The van der Waals surface area contributed by atoms with Gasteiger partial charge >= 0.3 is 0 Å². The van der Waals surface area contributed by atoms with Crippen molar-refractivity contribution in [2.24, 2.45) is 20.5 Å². The molecule has 0 radical (unpaired) electrons. The van der Waals surface area contributed by atoms with E-state index in [-0.39, 0.29) is 64.7 Å². The van der Waals surface area contributed by atoms with Crippen LogP contribution in [0.4, 0.5) is 34.1 Å². The van der Waals surface area contributed by atoms with E-state index in [4.69, 9.17) is 69.6 Å². The van der Waals surface area contributed by atoms with Gasteiger partial charge in [0.15, 0.2) is 11.6 Å². The molecule has 0 heterocycles. The first-order valence-corrected chi connectivity index (χ1v) is 21.3. The molecule has 14 nitrogen and oxygen atoms in total. The largest absolute Gasteiger partial charge is 0.322 e. The van der Waals surface area contributed by atoms with Gasteiger partial charge < -0.3 is 21.3 Å². The van der Waals surface area contributed by atoms with E-state index in [1.807, 2.05) is 13.8 Å². The molecular formula is C44H36Cl6N8O6. The van der Waals surface area contributed by atoms with Crippen molar-refractivity contribution in [1.82, 2.24) is 0 Å². The highest BCUT2D eigenvalue weighted by Gasteiger charge is 2.27. The van der Waals surface area contributed by atoms with Gasteiger partial charge in [-0.15, -0.1) is 23.2 Å². The summed E-state index contributed by atoms with van der Waals surface area (Å²) in [5.74, 6) is -4.30. The number of benzene rings is 5. The predicted molar refractivity (Wildman–Crippen MR) is 252 cm³/mol. The van der Waals surface area contributed by atoms with Crippen molar-refractivity contribution in [3.8, 4) is 0 Å². The number of nitrogens with zero attached hydrogens (tertiary/aromatic N) is 4. The molecular weight excluding hydrogens is 949 g/mol. The van der Waals surface area contributed by atoms with Crippen LogP contribution in [0.2, 0.25) is 20.1 Å². The van der Waals surface area contributed by atoms with Crippen molar-refractivity contribution in [3.05, 3.63) is 139 Å². The van der Waals surface area contributed by atoms with Gasteiger partial charge in [-0.3, -0.25) is 28.8 Å². The SMILES string of the molecule is CC(=O)C(N=Nc1ccc(Cl)c(C(=O)Nc2ccc(C(C)Cl)cc2)c1)C(=O)Nc1ccc(NC(=O)C(N=Nc2ccc(Cl)c(C(=O)Nc3ccc(C(C)Cl)cc3)c2)C(C)=O)c(Cl)c1Cl. The number of halogens is 6. The number of amides is 4. The molecule has 0 aliphatic heterocycles. The third-order valence-corrected chi connectivity index (χ3v) is 11.1. The molecule has 4 unspecified atom stereocenters. The Bertz CT molecular complexity index is 2490. The fourth-order valence-corrected chi connectivity index (χ4v) is 6.71. The molecule has 5 rings (SSSR count). The second kappa shape index (κ2) is 22.2. The molecule has 5 aromatic carbocycles. The van der Waals surface area contributed by atoms with Gasteiger partial charge in [-0.1, -0.05) is 70.7 Å². The Morgan fingerprint density at radius 1 is 0.484 bits per heavy atom. The van der Waals surface area contributed by atoms with Crippen LogP contribution in [0.1, 0.15) is 70.3 Å². The van der Waals surface area contributed by atoms with Gasteiger partial charge in [0, 0.05) is 11.4 Å². The minimum absolute atomic E-state index is 0.0534. The third-order valence-electron chi connectivity index (χ3n) is 9.09. The number of Topliss-reactive ketones (excluding diaryl/α,β-unsaturated/α-hetero) is 2. The van der Waals surface area contributed by atoms with Crippen LogP contribution in [-0.4, -0.2) is 47.3 Å². The summed E-state index contributed by atoms with van der Waals surface area (Å²) in [6.07, 6.45) is 0. The van der Waals surface area contributed by atoms with E-state index >= 15 is 0 Å². The van der Waals surface area contributed by atoms with E-state index in [1.54, 1.807) is 48.5 Å². The van der Waals surface area contributed by atoms with Gasteiger partial charge in [0.2, 0.25) is 12.1 Å². The van der Waals surface area contributed by atoms with Crippen LogP contribution >= 0.6 is 69.6 Å². The van der Waals surface area contributed by atoms with Crippen LogP contribution in [0.5, 0.6) is 0 Å². The maximum absolute atomic E-state index is 13.3. The zero-order chi connectivity index (χ0) is 46.8. The van der Waals surface area contributed by atoms with Gasteiger partial charge in [0.25, 0.3) is 23.6 Å². The van der Waals surface area contributed by atoms with E-state index in [0.717, 1.165) is 25.0 Å². The molecule has 64 heavy (non-hydrogen) atoms. The molecule has 5 aromatic rings. The summed E-state index contributed by atoms with van der Waals surface area (Å²) in [5, 5.41) is 25.6. The molecule has 4 amide bonds. The van der Waals surface area contributed by atoms with Crippen molar-refractivity contribution in [2.45, 2.75) is 50.5 Å². The maximum Gasteiger partial charge on any atom is 0.258 e. The number of alkyl halides is 2. The number of ketones is 2. The van der Waals surface area contributed by atoms with Crippen LogP contribution in [0, 0.1) is 0 Å². The third kappa shape index (κ3) is 12.9. The highest BCUT2D eigenvalue weighted by Crippen LogP contribution is 2.37. The van der Waals surface area contributed by atoms with Crippen LogP contribution in [-0.2, 0) is 19.2 Å². The second-order valence-electron chi connectivity index (χ2n) is 13.9. The first-order chi connectivity index (χ1) is 30.3. The van der Waals surface area contributed by atoms with Gasteiger partial charge in [-0.25, -0.2) is 0 Å². The minimum Gasteiger partial charge on any atom is -0.322 e. The van der Waals surface area contributed by atoms with Crippen molar-refractivity contribution in [2.75, 3.05) is 21.3 Å². The lowest BCUT2D eigenvalue weighted by Crippen LogP contribution is -2.32. The normalized spacial score (nSPS) is 13.2. The molecule has 0 spiro atoms. The highest BCUT2D eigenvalue weighted by molar-refractivity contribution is 6.46. The van der Waals surface area contributed by atoms with Crippen LogP contribution in [0.25, 0.3) is 0 Å². The number of hydrogen-bond acceptors (Lipinski definition) is 10. The van der Waals surface area contributed by atoms with Crippen molar-refractivity contribution >= 4 is 139 Å². The molecule has 0 saturated heterocycles. The molecule has 0 fully saturated rings. The smallest absolute Gasteiger partial charge is 0.258 e. The minimum atomic E-state index is -1.66. The predicted octanol–water partition coefficient (Wildman–Crippen LogP) is 12.8. The summed E-state index contributed by atoms with van der Waals surface area (Å²) in [7, 11) is 0. The molecule has 330 valence electrons. The number of azo groups is 2. The Balaban J connectivity index is 1.24. The Hall–Kier alpha value is -5.74. The Labute approximate surface area is 397 Å². The zero-order valence-corrected chi connectivity index (χ0v) is 38.6. The van der Waals surface area contributed by atoms with E-state index < -0.39 is 47.3 Å². The highest BCUT2D eigenvalue weighted by atomic mass is 35.5. The second-order valence-corrected chi connectivity index (χ2v) is 16.8. The van der Waals surface area contributed by atoms with Gasteiger partial charge in [-0.05, 0) is 112 Å². The van der Waals surface area contributed by atoms with E-state index in [2.05, 4.69) is 41.7 Å². The lowest BCUT2D eigenvalue weighted by atomic mass is 10.1. The molecule has 0 bridgehead atoms. The molecule has 20 heteroatoms. The molecule has 0 saturated carbocycles. The number of hydrogen-bond donors (Lipinski definition) is 4. The standard InChI is InChI=1S/C44H36Cl6N8O6/c1-21(45)25-5-9-27(10-6-25)51-41(61)31-19-29(13-15-33(31)47)55-57-39(23(3)59)43(63)53-35-17-18-36(38(50)37(35)49)54-44(64)40(24(4)60)58-56-30-14-16-34(48)32(20-30)42(62)52-28-11-7-26(8-12-28)22(2)46/h5-22,39-40H,1-4H3,(H,51,61)(H,52,62)(H,53,63)(H,54,64). The number of carbonyl (C=O) groups excluding carboxylic acids is 6. The number of nitrogens with one attached hydrogen (secondary N) is 4. The maximum atomic E-state index is 13.3. The van der Waals surface area contributed by atoms with Crippen LogP contribution in [0.3, 0.4) is 0 Å². The molecule has 4 N–H and O–H groups in total. The summed E-state index contributed by atoms with van der Waals surface area (Å²) in [6, 6.07) is 21.5. The summed E-state index contributed by atoms with van der Waals surface area (Å²) in [5.41, 5.74) is 2.97. The van der Waals surface area contributed by atoms with E-state index in [0.29, 0.717) is 11.4 Å². The fraction of sp³-hybridized carbons (Fsp3) is 0.182.